The first-order chi connectivity index (χ1) is 4.20. The second kappa shape index (κ2) is 2.61. The third-order valence-corrected chi connectivity index (χ3v) is 2.26. The van der Waals surface area contributed by atoms with Crippen LogP contribution in [0.2, 0.25) is 0 Å². The highest BCUT2D eigenvalue weighted by atomic mass is 32.1. The summed E-state index contributed by atoms with van der Waals surface area (Å²) in [5.74, 6) is 0.596. The van der Waals surface area contributed by atoms with Gasteiger partial charge in [-0.1, -0.05) is 30.7 Å². The molecular weight excluding hydrogens is 128 g/mol. The van der Waals surface area contributed by atoms with Gasteiger partial charge >= 0.3 is 0 Å². The largest absolute Gasteiger partial charge is 0.171 e. The smallest absolute Gasteiger partial charge is 0.0260 e. The highest BCUT2D eigenvalue weighted by Crippen LogP contribution is 2.20. The van der Waals surface area contributed by atoms with Crippen LogP contribution in [0, 0.1) is 5.92 Å². The molecule has 0 nitrogen and oxygen atoms in total. The lowest BCUT2D eigenvalue weighted by Crippen LogP contribution is -2.08. The highest BCUT2D eigenvalue weighted by molar-refractivity contribution is 7.81. The van der Waals surface area contributed by atoms with Gasteiger partial charge in [-0.2, -0.15) is 12.6 Å². The molecule has 0 heterocycles. The lowest BCUT2D eigenvalue weighted by molar-refractivity contribution is 0.749. The summed E-state index contributed by atoms with van der Waals surface area (Å²) in [6.07, 6.45) is 6.51. The Labute approximate surface area is 62.1 Å². The summed E-state index contributed by atoms with van der Waals surface area (Å²) in [6, 6.07) is 0. The van der Waals surface area contributed by atoms with Crippen LogP contribution in [0.3, 0.4) is 0 Å². The molecule has 0 radical (unpaired) electrons. The predicted molar refractivity (Wildman–Crippen MR) is 44.8 cm³/mol. The van der Waals surface area contributed by atoms with E-state index in [0.29, 0.717) is 11.2 Å². The summed E-state index contributed by atoms with van der Waals surface area (Å²) in [7, 11) is 0. The van der Waals surface area contributed by atoms with Crippen molar-refractivity contribution in [1.29, 1.82) is 0 Å². The van der Waals surface area contributed by atoms with Crippen LogP contribution >= 0.6 is 12.6 Å². The van der Waals surface area contributed by atoms with Crippen molar-refractivity contribution in [2.75, 3.05) is 0 Å². The minimum Gasteiger partial charge on any atom is -0.171 e. The minimum atomic E-state index is 0.425. The molecule has 0 aromatic heterocycles. The molecule has 2 unspecified atom stereocenters. The molecule has 0 aliphatic heterocycles. The third kappa shape index (κ3) is 1.62. The van der Waals surface area contributed by atoms with Crippen LogP contribution in [0.15, 0.2) is 23.8 Å². The fourth-order valence-corrected chi connectivity index (χ4v) is 1.17. The molecule has 0 bridgehead atoms. The van der Waals surface area contributed by atoms with Crippen molar-refractivity contribution in [3.8, 4) is 0 Å². The van der Waals surface area contributed by atoms with Crippen molar-refractivity contribution in [2.45, 2.75) is 19.1 Å². The van der Waals surface area contributed by atoms with Crippen LogP contribution in [-0.4, -0.2) is 5.25 Å². The number of allylic oxidation sites excluding steroid dienone is 3. The molecule has 9 heavy (non-hydrogen) atoms. The normalized spacial score (nSPS) is 34.3. The molecule has 1 heteroatoms. The van der Waals surface area contributed by atoms with E-state index in [1.165, 1.54) is 5.57 Å². The summed E-state index contributed by atoms with van der Waals surface area (Å²) in [5.41, 5.74) is 1.35. The quantitative estimate of drug-likeness (QED) is 0.491. The van der Waals surface area contributed by atoms with Crippen molar-refractivity contribution in [2.24, 2.45) is 5.92 Å². The molecule has 0 saturated carbocycles. The molecule has 0 saturated heterocycles. The van der Waals surface area contributed by atoms with Gasteiger partial charge in [0.05, 0.1) is 0 Å². The van der Waals surface area contributed by atoms with Crippen molar-refractivity contribution in [3.63, 3.8) is 0 Å². The van der Waals surface area contributed by atoms with Gasteiger partial charge in [0.25, 0.3) is 0 Å². The van der Waals surface area contributed by atoms with Gasteiger partial charge in [0, 0.05) is 5.25 Å². The maximum absolute atomic E-state index is 4.37. The Morgan fingerprint density at radius 3 is 2.67 bits per heavy atom. The third-order valence-electron chi connectivity index (χ3n) is 1.62. The van der Waals surface area contributed by atoms with Crippen LogP contribution in [-0.2, 0) is 0 Å². The highest BCUT2D eigenvalue weighted by Gasteiger charge is 2.09. The number of hydrogen-bond acceptors (Lipinski definition) is 1. The van der Waals surface area contributed by atoms with E-state index in [-0.39, 0.29) is 0 Å². The summed E-state index contributed by atoms with van der Waals surface area (Å²) in [6.45, 7) is 4.30. The zero-order chi connectivity index (χ0) is 6.85. The zero-order valence-electron chi connectivity index (χ0n) is 5.83. The summed E-state index contributed by atoms with van der Waals surface area (Å²) in [5, 5.41) is 0.425. The first-order valence-electron chi connectivity index (χ1n) is 3.25. The van der Waals surface area contributed by atoms with E-state index in [1.807, 2.05) is 0 Å². The Hall–Kier alpha value is -0.170. The van der Waals surface area contributed by atoms with Gasteiger partial charge in [-0.25, -0.2) is 0 Å². The Morgan fingerprint density at radius 1 is 1.56 bits per heavy atom. The molecule has 0 N–H and O–H groups in total. The molecule has 0 spiro atoms. The van der Waals surface area contributed by atoms with Crippen molar-refractivity contribution in [3.05, 3.63) is 23.8 Å². The van der Waals surface area contributed by atoms with E-state index in [9.17, 15) is 0 Å². The molecule has 0 aromatic rings. The van der Waals surface area contributed by atoms with Gasteiger partial charge in [0.1, 0.15) is 0 Å². The number of thiol groups is 1. The fraction of sp³-hybridized carbons (Fsp3) is 0.500. The van der Waals surface area contributed by atoms with Crippen molar-refractivity contribution < 1.29 is 0 Å². The molecule has 0 amide bonds. The van der Waals surface area contributed by atoms with Crippen molar-refractivity contribution in [1.82, 2.24) is 0 Å². The topological polar surface area (TPSA) is 0 Å². The molecule has 1 aliphatic carbocycles. The van der Waals surface area contributed by atoms with E-state index in [2.05, 4.69) is 44.7 Å². The predicted octanol–water partition coefficient (Wildman–Crippen LogP) is 2.44. The molecule has 2 atom stereocenters. The minimum absolute atomic E-state index is 0.425. The second-order valence-corrected chi connectivity index (χ2v) is 3.22. The fourth-order valence-electron chi connectivity index (χ4n) is 0.994. The van der Waals surface area contributed by atoms with Gasteiger partial charge in [-0.3, -0.25) is 0 Å². The van der Waals surface area contributed by atoms with Gasteiger partial charge in [0.15, 0.2) is 0 Å². The average molecular weight is 140 g/mol. The number of hydrogen-bond donors (Lipinski definition) is 1. The van der Waals surface area contributed by atoms with Crippen LogP contribution in [0.1, 0.15) is 13.8 Å². The first kappa shape index (κ1) is 6.94. The van der Waals surface area contributed by atoms with Gasteiger partial charge in [-0.15, -0.1) is 0 Å². The average Bonchev–Trinajstić information content (AvgIpc) is 1.80. The summed E-state index contributed by atoms with van der Waals surface area (Å²) in [4.78, 5) is 0. The van der Waals surface area contributed by atoms with E-state index < -0.39 is 0 Å². The zero-order valence-corrected chi connectivity index (χ0v) is 6.73. The Kier molecular flexibility index (Phi) is 2.01. The Morgan fingerprint density at radius 2 is 2.22 bits per heavy atom. The van der Waals surface area contributed by atoms with Crippen LogP contribution in [0.25, 0.3) is 0 Å². The first-order valence-corrected chi connectivity index (χ1v) is 3.76. The molecule has 0 fully saturated rings. The Balaban J connectivity index is 2.70. The summed E-state index contributed by atoms with van der Waals surface area (Å²) < 4.78 is 0. The van der Waals surface area contributed by atoms with E-state index in [0.717, 1.165) is 0 Å². The maximum Gasteiger partial charge on any atom is 0.0260 e. The summed E-state index contributed by atoms with van der Waals surface area (Å²) >= 11 is 4.37. The lowest BCUT2D eigenvalue weighted by atomic mass is 9.98. The standard InChI is InChI=1S/C8H12S/c1-6-3-4-8(9)7(2)5-6/h3-5,7-9H,1-2H3. The lowest BCUT2D eigenvalue weighted by Gasteiger charge is -2.15. The molecule has 1 rings (SSSR count). The number of rotatable bonds is 0. The van der Waals surface area contributed by atoms with Gasteiger partial charge in [0.2, 0.25) is 0 Å². The van der Waals surface area contributed by atoms with Crippen molar-refractivity contribution >= 4 is 12.6 Å². The van der Waals surface area contributed by atoms with E-state index in [4.69, 9.17) is 0 Å². The maximum atomic E-state index is 4.37. The SMILES string of the molecule is CC1=CC(C)C(S)C=C1. The van der Waals surface area contributed by atoms with Crippen LogP contribution in [0.4, 0.5) is 0 Å². The molecule has 1 aliphatic rings. The van der Waals surface area contributed by atoms with Crippen LogP contribution in [0.5, 0.6) is 0 Å². The van der Waals surface area contributed by atoms with E-state index in [1.54, 1.807) is 0 Å². The van der Waals surface area contributed by atoms with E-state index >= 15 is 0 Å². The second-order valence-electron chi connectivity index (χ2n) is 2.62. The van der Waals surface area contributed by atoms with Crippen LogP contribution < -0.4 is 0 Å². The Bertz CT molecular complexity index is 156. The molecule has 0 aromatic carbocycles. The molecule has 50 valence electrons. The van der Waals surface area contributed by atoms with Gasteiger partial charge < -0.3 is 0 Å². The monoisotopic (exact) mass is 140 g/mol. The van der Waals surface area contributed by atoms with Gasteiger partial charge in [-0.05, 0) is 12.8 Å². The molecular formula is C8H12S.